The van der Waals surface area contributed by atoms with Gasteiger partial charge < -0.3 is 5.32 Å². The molecule has 70 valence electrons. The summed E-state index contributed by atoms with van der Waals surface area (Å²) in [4.78, 5) is 3.67. The normalized spacial score (nSPS) is 22.2. The van der Waals surface area contributed by atoms with E-state index in [1.54, 1.807) is 6.07 Å². The second-order valence-electron chi connectivity index (χ2n) is 3.18. The molecule has 2 nitrogen and oxygen atoms in total. The van der Waals surface area contributed by atoms with Gasteiger partial charge >= 0.3 is 0 Å². The monoisotopic (exact) mass is 244 g/mol. The largest absolute Gasteiger partial charge is 0.310 e. The molecule has 0 aliphatic carbocycles. The Labute approximate surface area is 84.7 Å². The Morgan fingerprint density at radius 3 is 3.15 bits per heavy atom. The van der Waals surface area contributed by atoms with Crippen LogP contribution in [0.2, 0.25) is 0 Å². The maximum atomic E-state index is 13.2. The van der Waals surface area contributed by atoms with Crippen LogP contribution in [0.25, 0.3) is 0 Å². The van der Waals surface area contributed by atoms with E-state index in [9.17, 15) is 4.39 Å². The van der Waals surface area contributed by atoms with Crippen molar-refractivity contribution in [1.82, 2.24) is 10.3 Å². The lowest BCUT2D eigenvalue weighted by Gasteiger charge is -2.10. The van der Waals surface area contributed by atoms with Crippen molar-refractivity contribution in [3.8, 4) is 0 Å². The van der Waals surface area contributed by atoms with E-state index in [1.165, 1.54) is 6.20 Å². The highest BCUT2D eigenvalue weighted by Crippen LogP contribution is 2.26. The van der Waals surface area contributed by atoms with Crippen LogP contribution in [-0.2, 0) is 0 Å². The molecule has 0 spiro atoms. The number of aromatic nitrogens is 1. The fourth-order valence-corrected chi connectivity index (χ4v) is 1.98. The van der Waals surface area contributed by atoms with E-state index in [4.69, 9.17) is 0 Å². The number of nitrogens with zero attached hydrogens (tertiary/aromatic N) is 1. The van der Waals surface area contributed by atoms with Gasteiger partial charge in [-0.1, -0.05) is 0 Å². The molecule has 1 aliphatic heterocycles. The Morgan fingerprint density at radius 1 is 1.62 bits per heavy atom. The van der Waals surface area contributed by atoms with Crippen molar-refractivity contribution in [3.63, 3.8) is 0 Å². The molecule has 1 N–H and O–H groups in total. The van der Waals surface area contributed by atoms with Gasteiger partial charge in [0.05, 0.1) is 0 Å². The van der Waals surface area contributed by atoms with Crippen molar-refractivity contribution < 1.29 is 4.39 Å². The van der Waals surface area contributed by atoms with E-state index in [1.807, 2.05) is 0 Å². The average Bonchev–Trinajstić information content (AvgIpc) is 2.61. The number of hydrogen-bond donors (Lipinski definition) is 1. The van der Waals surface area contributed by atoms with Gasteiger partial charge in [-0.25, -0.2) is 4.98 Å². The van der Waals surface area contributed by atoms with Crippen LogP contribution in [0.5, 0.6) is 0 Å². The van der Waals surface area contributed by atoms with Crippen molar-refractivity contribution in [1.29, 1.82) is 0 Å². The van der Waals surface area contributed by atoms with Crippen molar-refractivity contribution in [3.05, 3.63) is 28.2 Å². The molecule has 2 rings (SSSR count). The summed E-state index contributed by atoms with van der Waals surface area (Å²) < 4.78 is 14.1. The summed E-state index contributed by atoms with van der Waals surface area (Å²) in [7, 11) is 0. The fourth-order valence-electron chi connectivity index (χ4n) is 1.63. The molecule has 0 bridgehead atoms. The molecule has 1 aromatic rings. The summed E-state index contributed by atoms with van der Waals surface area (Å²) >= 11 is 3.29. The highest BCUT2D eigenvalue weighted by molar-refractivity contribution is 9.10. The van der Waals surface area contributed by atoms with Crippen molar-refractivity contribution in [2.75, 3.05) is 6.54 Å². The minimum atomic E-state index is -0.359. The van der Waals surface area contributed by atoms with Gasteiger partial charge in [0.25, 0.3) is 0 Å². The van der Waals surface area contributed by atoms with Crippen LogP contribution in [0.4, 0.5) is 4.39 Å². The van der Waals surface area contributed by atoms with Crippen LogP contribution in [0.15, 0.2) is 16.7 Å². The molecule has 4 heteroatoms. The highest BCUT2D eigenvalue weighted by Gasteiger charge is 2.20. The van der Waals surface area contributed by atoms with Gasteiger partial charge in [-0.05, 0) is 41.4 Å². The van der Waals surface area contributed by atoms with Gasteiger partial charge in [0, 0.05) is 22.3 Å². The first-order valence-corrected chi connectivity index (χ1v) is 5.11. The molecule has 1 atom stereocenters. The first kappa shape index (κ1) is 9.09. The maximum absolute atomic E-state index is 13.2. The topological polar surface area (TPSA) is 24.9 Å². The molecule has 1 saturated heterocycles. The minimum Gasteiger partial charge on any atom is -0.310 e. The van der Waals surface area contributed by atoms with Crippen LogP contribution in [0.1, 0.15) is 24.4 Å². The molecular formula is C9H10BrFN2. The lowest BCUT2D eigenvalue weighted by Crippen LogP contribution is -2.14. The van der Waals surface area contributed by atoms with Crippen LogP contribution in [0, 0.1) is 5.95 Å². The van der Waals surface area contributed by atoms with Crippen molar-refractivity contribution in [2.45, 2.75) is 18.9 Å². The van der Waals surface area contributed by atoms with E-state index in [0.717, 1.165) is 23.9 Å². The third kappa shape index (κ3) is 1.89. The zero-order chi connectivity index (χ0) is 9.26. The Balaban J connectivity index is 2.32. The van der Waals surface area contributed by atoms with E-state index in [0.29, 0.717) is 5.56 Å². The molecule has 1 fully saturated rings. The second kappa shape index (κ2) is 3.72. The van der Waals surface area contributed by atoms with Crippen LogP contribution < -0.4 is 5.32 Å². The number of halogens is 2. The first-order chi connectivity index (χ1) is 6.27. The number of rotatable bonds is 1. The Kier molecular flexibility index (Phi) is 2.60. The second-order valence-corrected chi connectivity index (χ2v) is 4.10. The van der Waals surface area contributed by atoms with Gasteiger partial charge in [-0.3, -0.25) is 0 Å². The number of hydrogen-bond acceptors (Lipinski definition) is 2. The van der Waals surface area contributed by atoms with E-state index in [-0.39, 0.29) is 12.0 Å². The standard InChI is InChI=1S/C9H10BrFN2/c10-6-4-7(9(11)13-5-6)8-2-1-3-12-8/h4-5,8,12H,1-3H2/t8-/m0/s1. The van der Waals surface area contributed by atoms with Crippen LogP contribution in [0.3, 0.4) is 0 Å². The van der Waals surface area contributed by atoms with Crippen molar-refractivity contribution in [2.24, 2.45) is 0 Å². The van der Waals surface area contributed by atoms with Crippen molar-refractivity contribution >= 4 is 15.9 Å². The molecule has 0 amide bonds. The summed E-state index contributed by atoms with van der Waals surface area (Å²) in [6.45, 7) is 0.969. The van der Waals surface area contributed by atoms with E-state index in [2.05, 4.69) is 26.2 Å². The zero-order valence-electron chi connectivity index (χ0n) is 7.06. The summed E-state index contributed by atoms with van der Waals surface area (Å²) in [6, 6.07) is 1.94. The van der Waals surface area contributed by atoms with Crippen LogP contribution in [-0.4, -0.2) is 11.5 Å². The van der Waals surface area contributed by atoms with E-state index < -0.39 is 0 Å². The molecular weight excluding hydrogens is 235 g/mol. The molecule has 1 aliphatic rings. The Hall–Kier alpha value is -0.480. The predicted molar refractivity (Wildman–Crippen MR) is 51.9 cm³/mol. The van der Waals surface area contributed by atoms with Crippen LogP contribution >= 0.6 is 15.9 Å². The minimum absolute atomic E-state index is 0.144. The molecule has 0 radical (unpaired) electrons. The summed E-state index contributed by atoms with van der Waals surface area (Å²) in [5.41, 5.74) is 0.673. The van der Waals surface area contributed by atoms with Gasteiger partial charge in [0.1, 0.15) is 0 Å². The quantitative estimate of drug-likeness (QED) is 0.768. The molecule has 13 heavy (non-hydrogen) atoms. The lowest BCUT2D eigenvalue weighted by atomic mass is 10.1. The third-order valence-corrected chi connectivity index (χ3v) is 2.70. The van der Waals surface area contributed by atoms with Gasteiger partial charge in [-0.2, -0.15) is 4.39 Å². The maximum Gasteiger partial charge on any atom is 0.217 e. The average molecular weight is 245 g/mol. The zero-order valence-corrected chi connectivity index (χ0v) is 8.64. The van der Waals surface area contributed by atoms with Gasteiger partial charge in [0.2, 0.25) is 5.95 Å². The molecule has 0 aromatic carbocycles. The fraction of sp³-hybridized carbons (Fsp3) is 0.444. The molecule has 0 unspecified atom stereocenters. The first-order valence-electron chi connectivity index (χ1n) is 4.31. The molecule has 0 saturated carbocycles. The molecule has 1 aromatic heterocycles. The summed E-state index contributed by atoms with van der Waals surface area (Å²) in [5, 5.41) is 3.24. The Bertz CT molecular complexity index is 310. The number of nitrogens with one attached hydrogen (secondary N) is 1. The third-order valence-electron chi connectivity index (χ3n) is 2.27. The summed E-state index contributed by atoms with van der Waals surface area (Å²) in [5.74, 6) is -0.359. The lowest BCUT2D eigenvalue weighted by molar-refractivity contribution is 0.527. The highest BCUT2D eigenvalue weighted by atomic mass is 79.9. The van der Waals surface area contributed by atoms with Gasteiger partial charge in [0.15, 0.2) is 0 Å². The van der Waals surface area contributed by atoms with Gasteiger partial charge in [-0.15, -0.1) is 0 Å². The smallest absolute Gasteiger partial charge is 0.217 e. The molecule has 2 heterocycles. The Morgan fingerprint density at radius 2 is 2.46 bits per heavy atom. The predicted octanol–water partition coefficient (Wildman–Crippen LogP) is 2.41. The summed E-state index contributed by atoms with van der Waals surface area (Å²) in [6.07, 6.45) is 3.58. The van der Waals surface area contributed by atoms with E-state index >= 15 is 0 Å². The number of pyridine rings is 1. The SMILES string of the molecule is Fc1ncc(Br)cc1[C@@H]1CCCN1.